The molecule has 1 rings (SSSR count). The van der Waals surface area contributed by atoms with Crippen LogP contribution in [0, 0.1) is 0 Å². The number of carbonyl (C=O) groups excluding carboxylic acids is 2. The molecule has 0 aliphatic rings. The maximum atomic E-state index is 11.8. The molecule has 0 atom stereocenters. The van der Waals surface area contributed by atoms with E-state index in [0.717, 1.165) is 32.6 Å². The van der Waals surface area contributed by atoms with Gasteiger partial charge in [0, 0.05) is 19.0 Å². The molecule has 0 saturated heterocycles. The quantitative estimate of drug-likeness (QED) is 0.468. The molecule has 138 valence electrons. The van der Waals surface area contributed by atoms with Crippen LogP contribution in [0.2, 0.25) is 0 Å². The smallest absolute Gasteiger partial charge is 0.264 e. The van der Waals surface area contributed by atoms with Crippen molar-refractivity contribution in [3.8, 4) is 0 Å². The van der Waals surface area contributed by atoms with Crippen LogP contribution in [0.5, 0.6) is 0 Å². The number of thiocarbonyl (C=S) groups is 1. The van der Waals surface area contributed by atoms with E-state index >= 15 is 0 Å². The average molecular weight is 386 g/mol. The Morgan fingerprint density at radius 1 is 1.08 bits per heavy atom. The second-order valence-electron chi connectivity index (χ2n) is 5.50. The highest BCUT2D eigenvalue weighted by Crippen LogP contribution is 2.14. The minimum Gasteiger partial charge on any atom is -0.332 e. The van der Waals surface area contributed by atoms with E-state index in [9.17, 15) is 18.0 Å². The zero-order valence-electron chi connectivity index (χ0n) is 14.3. The minimum absolute atomic E-state index is 0.0425. The molecule has 0 spiro atoms. The Hall–Kier alpha value is -2.00. The first-order chi connectivity index (χ1) is 11.7. The van der Waals surface area contributed by atoms with Gasteiger partial charge in [0.25, 0.3) is 10.0 Å². The van der Waals surface area contributed by atoms with Crippen LogP contribution in [-0.2, 0) is 19.6 Å². The molecule has 7 nitrogen and oxygen atoms in total. The van der Waals surface area contributed by atoms with Gasteiger partial charge in [-0.2, -0.15) is 0 Å². The van der Waals surface area contributed by atoms with E-state index in [-0.39, 0.29) is 15.9 Å². The van der Waals surface area contributed by atoms with Gasteiger partial charge in [0.05, 0.1) is 4.90 Å². The summed E-state index contributed by atoms with van der Waals surface area (Å²) < 4.78 is 25.5. The number of unbranched alkanes of at least 4 members (excludes halogenated alkanes) is 3. The number of hydrogen-bond acceptors (Lipinski definition) is 5. The summed E-state index contributed by atoms with van der Waals surface area (Å²) in [5, 5.41) is 5.54. The topological polar surface area (TPSA) is 104 Å². The Bertz CT molecular complexity index is 715. The zero-order chi connectivity index (χ0) is 18.9. The van der Waals surface area contributed by atoms with Gasteiger partial charge >= 0.3 is 0 Å². The molecule has 9 heteroatoms. The van der Waals surface area contributed by atoms with E-state index in [2.05, 4.69) is 17.6 Å². The fourth-order valence-electron chi connectivity index (χ4n) is 2.03. The van der Waals surface area contributed by atoms with E-state index in [4.69, 9.17) is 12.2 Å². The maximum absolute atomic E-state index is 11.8. The summed E-state index contributed by atoms with van der Waals surface area (Å²) in [6.07, 6.45) is 4.45. The lowest BCUT2D eigenvalue weighted by atomic mass is 10.1. The third kappa shape index (κ3) is 8.08. The SMILES string of the molecule is CCCCCCC(=O)NC(=S)Nc1ccc(S(=O)(=O)NC(C)=O)cc1. The second-order valence-corrected chi connectivity index (χ2v) is 7.59. The van der Waals surface area contributed by atoms with Crippen molar-refractivity contribution in [2.45, 2.75) is 50.8 Å². The Morgan fingerprint density at radius 2 is 1.72 bits per heavy atom. The van der Waals surface area contributed by atoms with Gasteiger partial charge in [-0.3, -0.25) is 9.59 Å². The van der Waals surface area contributed by atoms with Gasteiger partial charge in [-0.1, -0.05) is 26.2 Å². The Kier molecular flexibility index (Phi) is 8.50. The average Bonchev–Trinajstić information content (AvgIpc) is 2.50. The molecular weight excluding hydrogens is 362 g/mol. The highest BCUT2D eigenvalue weighted by atomic mass is 32.2. The summed E-state index contributed by atoms with van der Waals surface area (Å²) in [4.78, 5) is 22.6. The van der Waals surface area contributed by atoms with Crippen molar-refractivity contribution in [3.05, 3.63) is 24.3 Å². The molecule has 3 N–H and O–H groups in total. The van der Waals surface area contributed by atoms with Crippen LogP contribution in [0.25, 0.3) is 0 Å². The van der Waals surface area contributed by atoms with Crippen LogP contribution in [0.3, 0.4) is 0 Å². The summed E-state index contributed by atoms with van der Waals surface area (Å²) >= 11 is 5.06. The van der Waals surface area contributed by atoms with Gasteiger partial charge in [-0.25, -0.2) is 13.1 Å². The molecule has 0 unspecified atom stereocenters. The van der Waals surface area contributed by atoms with E-state index in [1.54, 1.807) is 0 Å². The summed E-state index contributed by atoms with van der Waals surface area (Å²) in [6, 6.07) is 5.66. The van der Waals surface area contributed by atoms with Gasteiger partial charge in [-0.15, -0.1) is 0 Å². The van der Waals surface area contributed by atoms with Crippen LogP contribution >= 0.6 is 12.2 Å². The second kappa shape index (κ2) is 10.1. The number of nitrogens with one attached hydrogen (secondary N) is 3. The van der Waals surface area contributed by atoms with Crippen LogP contribution in [-0.4, -0.2) is 25.3 Å². The third-order valence-electron chi connectivity index (χ3n) is 3.21. The van der Waals surface area contributed by atoms with E-state index in [1.807, 2.05) is 4.72 Å². The number of hydrogen-bond donors (Lipinski definition) is 3. The molecular formula is C16H23N3O4S2. The molecule has 1 aromatic rings. The molecule has 0 radical (unpaired) electrons. The van der Waals surface area contributed by atoms with Crippen LogP contribution < -0.4 is 15.4 Å². The first-order valence-electron chi connectivity index (χ1n) is 7.99. The highest BCUT2D eigenvalue weighted by Gasteiger charge is 2.15. The lowest BCUT2D eigenvalue weighted by Gasteiger charge is -2.10. The molecule has 0 aromatic heterocycles. The minimum atomic E-state index is -3.87. The largest absolute Gasteiger partial charge is 0.332 e. The Morgan fingerprint density at radius 3 is 2.28 bits per heavy atom. The van der Waals surface area contributed by atoms with Gasteiger partial charge in [0.2, 0.25) is 11.8 Å². The number of anilines is 1. The summed E-state index contributed by atoms with van der Waals surface area (Å²) in [5.41, 5.74) is 0.526. The number of sulfonamides is 1. The number of rotatable bonds is 8. The predicted molar refractivity (Wildman–Crippen MR) is 101 cm³/mol. The van der Waals surface area contributed by atoms with Crippen molar-refractivity contribution in [1.82, 2.24) is 10.0 Å². The van der Waals surface area contributed by atoms with Crippen molar-refractivity contribution >= 4 is 44.9 Å². The summed E-state index contributed by atoms with van der Waals surface area (Å²) in [6.45, 7) is 3.22. The first kappa shape index (κ1) is 21.0. The normalized spacial score (nSPS) is 10.8. The van der Waals surface area contributed by atoms with Crippen LogP contribution in [0.4, 0.5) is 5.69 Å². The van der Waals surface area contributed by atoms with Gasteiger partial charge in [0.15, 0.2) is 5.11 Å². The summed E-state index contributed by atoms with van der Waals surface area (Å²) in [7, 11) is -3.87. The predicted octanol–water partition coefficient (Wildman–Crippen LogP) is 2.29. The number of amides is 2. The molecule has 0 fully saturated rings. The van der Waals surface area contributed by atoms with Gasteiger partial charge in [-0.05, 0) is 42.9 Å². The number of carbonyl (C=O) groups is 2. The van der Waals surface area contributed by atoms with Crippen molar-refractivity contribution < 1.29 is 18.0 Å². The van der Waals surface area contributed by atoms with E-state index in [0.29, 0.717) is 12.1 Å². The van der Waals surface area contributed by atoms with Crippen molar-refractivity contribution in [2.75, 3.05) is 5.32 Å². The molecule has 25 heavy (non-hydrogen) atoms. The van der Waals surface area contributed by atoms with Crippen LogP contribution in [0.15, 0.2) is 29.2 Å². The molecule has 2 amide bonds. The van der Waals surface area contributed by atoms with Crippen molar-refractivity contribution in [1.29, 1.82) is 0 Å². The van der Waals surface area contributed by atoms with Crippen molar-refractivity contribution in [2.24, 2.45) is 0 Å². The standard InChI is InChI=1S/C16H23N3O4S2/c1-3-4-5-6-7-15(21)18-16(24)17-13-8-10-14(11-9-13)25(22,23)19-12(2)20/h8-11H,3-7H2,1-2H3,(H,19,20)(H2,17,18,21,24). The van der Waals surface area contributed by atoms with Crippen LogP contribution in [0.1, 0.15) is 46.0 Å². The van der Waals surface area contributed by atoms with Gasteiger partial charge < -0.3 is 10.6 Å². The highest BCUT2D eigenvalue weighted by molar-refractivity contribution is 7.90. The molecule has 0 aliphatic carbocycles. The lowest BCUT2D eigenvalue weighted by Crippen LogP contribution is -2.33. The van der Waals surface area contributed by atoms with Gasteiger partial charge in [0.1, 0.15) is 0 Å². The first-order valence-corrected chi connectivity index (χ1v) is 9.88. The fourth-order valence-corrected chi connectivity index (χ4v) is 3.25. The fraction of sp³-hybridized carbons (Fsp3) is 0.438. The lowest BCUT2D eigenvalue weighted by molar-refractivity contribution is -0.120. The Balaban J connectivity index is 2.53. The monoisotopic (exact) mass is 385 g/mol. The van der Waals surface area contributed by atoms with Crippen molar-refractivity contribution in [3.63, 3.8) is 0 Å². The zero-order valence-corrected chi connectivity index (χ0v) is 15.9. The van der Waals surface area contributed by atoms with E-state index < -0.39 is 15.9 Å². The Labute approximate surface area is 153 Å². The molecule has 0 saturated carbocycles. The van der Waals surface area contributed by atoms with E-state index in [1.165, 1.54) is 24.3 Å². The number of benzene rings is 1. The maximum Gasteiger partial charge on any atom is 0.264 e. The molecule has 0 heterocycles. The molecule has 1 aromatic carbocycles. The molecule has 0 aliphatic heterocycles. The third-order valence-corrected chi connectivity index (χ3v) is 4.86. The molecule has 0 bridgehead atoms. The summed E-state index contributed by atoms with van der Waals surface area (Å²) in [5.74, 6) is -0.816.